The summed E-state index contributed by atoms with van der Waals surface area (Å²) in [5.41, 5.74) is 3.52. The van der Waals surface area contributed by atoms with Crippen molar-refractivity contribution in [2.45, 2.75) is 38.2 Å². The first kappa shape index (κ1) is 25.2. The summed E-state index contributed by atoms with van der Waals surface area (Å²) in [5, 5.41) is 0. The minimum Gasteiger partial charge on any atom is -0.427 e. The van der Waals surface area contributed by atoms with Crippen LogP contribution in [0.3, 0.4) is 0 Å². The lowest BCUT2D eigenvalue weighted by atomic mass is 10.0. The zero-order valence-electron chi connectivity index (χ0n) is 17.9. The highest BCUT2D eigenvalue weighted by Gasteiger charge is 2.59. The Labute approximate surface area is 192 Å². The van der Waals surface area contributed by atoms with Gasteiger partial charge in [-0.3, -0.25) is 0 Å². The van der Waals surface area contributed by atoms with E-state index in [1.165, 1.54) is 11.6 Å². The molecule has 1 unspecified atom stereocenters. The maximum Gasteiger partial charge on any atom is 0.439 e. The number of benzene rings is 3. The molecule has 34 heavy (non-hydrogen) atoms. The number of ether oxygens (including phenoxy) is 1. The van der Waals surface area contributed by atoms with Crippen LogP contribution in [0.15, 0.2) is 66.7 Å². The van der Waals surface area contributed by atoms with E-state index in [0.717, 1.165) is 30.5 Å². The normalized spacial score (nSPS) is 12.6. The predicted molar refractivity (Wildman–Crippen MR) is 115 cm³/mol. The van der Waals surface area contributed by atoms with Gasteiger partial charge in [0.2, 0.25) is 0 Å². The van der Waals surface area contributed by atoms with Crippen LogP contribution in [0.1, 0.15) is 30.0 Å². The quantitative estimate of drug-likeness (QED) is 0.259. The van der Waals surface area contributed by atoms with Crippen LogP contribution >= 0.6 is 0 Å². The number of hydrogen-bond acceptors (Lipinski definition) is 1. The molecule has 3 aromatic carbocycles. The lowest BCUT2D eigenvalue weighted by Gasteiger charge is -2.23. The zero-order valence-corrected chi connectivity index (χ0v) is 17.9. The highest BCUT2D eigenvalue weighted by atomic mass is 19.4. The Balaban J connectivity index is 1.72. The fourth-order valence-electron chi connectivity index (χ4n) is 3.09. The Hall–Kier alpha value is -3.47. The molecule has 0 saturated carbocycles. The van der Waals surface area contributed by atoms with E-state index in [4.69, 9.17) is 0 Å². The maximum absolute atomic E-state index is 14.2. The average molecular weight is 480 g/mol. The van der Waals surface area contributed by atoms with Crippen LogP contribution in [0.5, 0.6) is 5.75 Å². The first-order valence-corrected chi connectivity index (χ1v) is 10.3. The summed E-state index contributed by atoms with van der Waals surface area (Å²) >= 11 is 0. The minimum atomic E-state index is -5.86. The molecule has 0 aliphatic rings. The highest BCUT2D eigenvalue weighted by Crippen LogP contribution is 2.37. The van der Waals surface area contributed by atoms with Crippen LogP contribution in [0.2, 0.25) is 0 Å². The number of rotatable bonds is 6. The molecule has 3 rings (SSSR count). The van der Waals surface area contributed by atoms with Gasteiger partial charge in [0.05, 0.1) is 0 Å². The van der Waals surface area contributed by atoms with Crippen molar-refractivity contribution in [3.8, 4) is 28.7 Å². The molecule has 0 aromatic heterocycles. The van der Waals surface area contributed by atoms with Gasteiger partial charge in [-0.15, -0.1) is 0 Å². The number of alkyl halides is 6. The fraction of sp³-hybridized carbons (Fsp3) is 0.231. The van der Waals surface area contributed by atoms with E-state index in [9.17, 15) is 30.7 Å². The molecule has 3 aromatic rings. The largest absolute Gasteiger partial charge is 0.439 e. The third kappa shape index (κ3) is 6.31. The first-order valence-electron chi connectivity index (χ1n) is 10.3. The Morgan fingerprint density at radius 3 is 1.82 bits per heavy atom. The fourth-order valence-corrected chi connectivity index (χ4v) is 3.09. The topological polar surface area (TPSA) is 9.23 Å². The van der Waals surface area contributed by atoms with Crippen LogP contribution in [-0.2, 0) is 6.42 Å². The van der Waals surface area contributed by atoms with Gasteiger partial charge in [0.15, 0.2) is 11.6 Å². The van der Waals surface area contributed by atoms with Crippen molar-refractivity contribution in [1.82, 2.24) is 0 Å². The molecule has 0 heterocycles. The summed E-state index contributed by atoms with van der Waals surface area (Å²) in [6.45, 7) is 2.10. The Morgan fingerprint density at radius 2 is 1.32 bits per heavy atom. The molecule has 0 amide bonds. The first-order chi connectivity index (χ1) is 16.0. The molecular weight excluding hydrogens is 461 g/mol. The van der Waals surface area contributed by atoms with E-state index in [2.05, 4.69) is 23.5 Å². The molecule has 0 bridgehead atoms. The highest BCUT2D eigenvalue weighted by molar-refractivity contribution is 5.65. The molecular formula is C26H19F7O. The van der Waals surface area contributed by atoms with Gasteiger partial charge in [0, 0.05) is 11.1 Å². The van der Waals surface area contributed by atoms with Gasteiger partial charge in [0.1, 0.15) is 0 Å². The second-order valence-electron chi connectivity index (χ2n) is 7.49. The second kappa shape index (κ2) is 10.2. The predicted octanol–water partition coefficient (Wildman–Crippen LogP) is 7.72. The van der Waals surface area contributed by atoms with E-state index in [-0.39, 0.29) is 5.56 Å². The minimum absolute atomic E-state index is 0.256. The monoisotopic (exact) mass is 480 g/mol. The molecule has 0 radical (unpaired) electrons. The summed E-state index contributed by atoms with van der Waals surface area (Å²) in [6, 6.07) is 17.2. The van der Waals surface area contributed by atoms with E-state index in [1.54, 1.807) is 24.3 Å². The lowest BCUT2D eigenvalue weighted by molar-refractivity contribution is -0.305. The van der Waals surface area contributed by atoms with Crippen molar-refractivity contribution < 1.29 is 35.5 Å². The van der Waals surface area contributed by atoms with E-state index in [1.807, 2.05) is 24.3 Å². The van der Waals surface area contributed by atoms with Crippen LogP contribution in [-0.4, -0.2) is 18.5 Å². The Bertz CT molecular complexity index is 1170. The second-order valence-corrected chi connectivity index (χ2v) is 7.49. The van der Waals surface area contributed by atoms with Gasteiger partial charge in [-0.25, -0.2) is 8.78 Å². The summed E-state index contributed by atoms with van der Waals surface area (Å²) in [4.78, 5) is 0. The van der Waals surface area contributed by atoms with Crippen LogP contribution in [0, 0.1) is 17.7 Å². The van der Waals surface area contributed by atoms with Crippen molar-refractivity contribution in [3.05, 3.63) is 89.2 Å². The summed E-state index contributed by atoms with van der Waals surface area (Å²) < 4.78 is 94.4. The van der Waals surface area contributed by atoms with Gasteiger partial charge in [-0.1, -0.05) is 55.5 Å². The zero-order chi connectivity index (χ0) is 24.9. The van der Waals surface area contributed by atoms with Crippen molar-refractivity contribution in [3.63, 3.8) is 0 Å². The number of halogens is 7. The van der Waals surface area contributed by atoms with Gasteiger partial charge in [0.25, 0.3) is 6.17 Å². The molecule has 0 aliphatic carbocycles. The molecule has 0 fully saturated rings. The maximum atomic E-state index is 14.2. The molecule has 0 spiro atoms. The Morgan fingerprint density at radius 1 is 0.794 bits per heavy atom. The van der Waals surface area contributed by atoms with Crippen molar-refractivity contribution in [2.75, 3.05) is 0 Å². The average Bonchev–Trinajstić information content (AvgIpc) is 2.79. The smallest absolute Gasteiger partial charge is 0.427 e. The number of hydrogen-bond donors (Lipinski definition) is 0. The van der Waals surface area contributed by atoms with Crippen molar-refractivity contribution >= 4 is 0 Å². The van der Waals surface area contributed by atoms with E-state index >= 15 is 0 Å². The Kier molecular flexibility index (Phi) is 7.55. The lowest BCUT2D eigenvalue weighted by Crippen LogP contribution is -2.45. The molecule has 0 N–H and O–H groups in total. The van der Waals surface area contributed by atoms with Crippen LogP contribution in [0.25, 0.3) is 11.1 Å². The van der Waals surface area contributed by atoms with Crippen LogP contribution < -0.4 is 4.74 Å². The van der Waals surface area contributed by atoms with Gasteiger partial charge >= 0.3 is 12.3 Å². The summed E-state index contributed by atoms with van der Waals surface area (Å²) in [6.07, 6.45) is -13.7. The van der Waals surface area contributed by atoms with Crippen LogP contribution in [0.4, 0.5) is 30.7 Å². The van der Waals surface area contributed by atoms with E-state index < -0.39 is 30.0 Å². The van der Waals surface area contributed by atoms with Crippen molar-refractivity contribution in [2.24, 2.45) is 0 Å². The third-order valence-electron chi connectivity index (χ3n) is 4.82. The molecule has 1 nitrogen and oxygen atoms in total. The molecule has 0 saturated heterocycles. The summed E-state index contributed by atoms with van der Waals surface area (Å²) in [5.74, 6) is 3.48. The van der Waals surface area contributed by atoms with Gasteiger partial charge in [-0.2, -0.15) is 22.0 Å². The molecule has 178 valence electrons. The van der Waals surface area contributed by atoms with Crippen molar-refractivity contribution in [1.29, 1.82) is 0 Å². The third-order valence-corrected chi connectivity index (χ3v) is 4.82. The molecule has 1 atom stereocenters. The van der Waals surface area contributed by atoms with Gasteiger partial charge < -0.3 is 4.74 Å². The van der Waals surface area contributed by atoms with Gasteiger partial charge in [-0.05, 0) is 59.5 Å². The SMILES string of the molecule is CCCc1ccc(C#Cc2ccc(-c3ccc(OC(F)(F)C(F)C(F)(F)F)c(F)c3)cc2)cc1. The molecule has 8 heteroatoms. The molecule has 0 aliphatic heterocycles. The summed E-state index contributed by atoms with van der Waals surface area (Å²) in [7, 11) is 0. The standard InChI is InChI=1S/C26H19F7O/c1-2-3-17-4-6-18(7-5-17)8-9-19-10-12-20(13-11-19)21-14-15-23(22(27)16-21)34-26(32,33)24(28)25(29,30)31/h4-7,10-16,24H,2-3H2,1H3. The van der Waals surface area contributed by atoms with E-state index in [0.29, 0.717) is 11.1 Å². The number of aryl methyl sites for hydroxylation is 1.